The van der Waals surface area contributed by atoms with Crippen LogP contribution in [0.2, 0.25) is 0 Å². The molecule has 0 amide bonds. The van der Waals surface area contributed by atoms with Crippen LogP contribution in [0.15, 0.2) is 0 Å². The van der Waals surface area contributed by atoms with E-state index in [1.165, 1.54) is 0 Å². The van der Waals surface area contributed by atoms with Gasteiger partial charge in [-0.25, -0.2) is 4.79 Å². The Balaban J connectivity index is 0. The summed E-state index contributed by atoms with van der Waals surface area (Å²) in [5.74, 6) is -2.34. The zero-order chi connectivity index (χ0) is 16.3. The number of ether oxygens (including phenoxy) is 1. The van der Waals surface area contributed by atoms with Crippen molar-refractivity contribution in [1.82, 2.24) is 0 Å². The van der Waals surface area contributed by atoms with Crippen molar-refractivity contribution in [2.75, 3.05) is 13.2 Å². The summed E-state index contributed by atoms with van der Waals surface area (Å²) in [5.41, 5.74) is 0. The number of esters is 1. The number of rotatable bonds is 7. The molecule has 0 saturated heterocycles. The van der Waals surface area contributed by atoms with Crippen LogP contribution in [0, 0.1) is 0 Å². The van der Waals surface area contributed by atoms with Crippen LogP contribution in [0.4, 0.5) is 0 Å². The van der Waals surface area contributed by atoms with Crippen molar-refractivity contribution in [2.24, 2.45) is 0 Å². The topological polar surface area (TPSA) is 162 Å². The van der Waals surface area contributed by atoms with E-state index in [-0.39, 0.29) is 12.9 Å². The first-order valence-electron chi connectivity index (χ1n) is 5.69. The normalized spacial score (nSPS) is 15.9. The molecule has 0 radical (unpaired) electrons. The lowest BCUT2D eigenvalue weighted by Gasteiger charge is -2.25. The van der Waals surface area contributed by atoms with Gasteiger partial charge in [0.1, 0.15) is 18.3 Å². The quantitative estimate of drug-likeness (QED) is 0.184. The molecule has 0 rings (SSSR count). The highest BCUT2D eigenvalue weighted by atomic mass is 16.6. The Morgan fingerprint density at radius 1 is 1.15 bits per heavy atom. The van der Waals surface area contributed by atoms with Crippen LogP contribution in [0.3, 0.4) is 0 Å². The SMILES string of the molecule is CC(=O)C(=O)O[C@@H](C=O)[C@@H](O)[C@H](O)[C@H](O)CO.CCO. The van der Waals surface area contributed by atoms with Gasteiger partial charge in [0, 0.05) is 13.5 Å². The number of aliphatic hydroxyl groups excluding tert-OH is 5. The van der Waals surface area contributed by atoms with Crippen LogP contribution in [-0.2, 0) is 19.1 Å². The smallest absolute Gasteiger partial charge is 0.375 e. The third-order valence-corrected chi connectivity index (χ3v) is 1.93. The number of hydrogen-bond donors (Lipinski definition) is 5. The van der Waals surface area contributed by atoms with Crippen LogP contribution in [-0.4, -0.2) is 81.2 Å². The van der Waals surface area contributed by atoms with Gasteiger partial charge in [0.15, 0.2) is 12.4 Å². The fourth-order valence-electron chi connectivity index (χ4n) is 0.915. The number of aliphatic hydroxyl groups is 5. The predicted molar refractivity (Wildman–Crippen MR) is 64.5 cm³/mol. The molecule has 5 N–H and O–H groups in total. The summed E-state index contributed by atoms with van der Waals surface area (Å²) >= 11 is 0. The van der Waals surface area contributed by atoms with E-state index in [9.17, 15) is 24.6 Å². The average Bonchev–Trinajstić information content (AvgIpc) is 2.42. The molecule has 4 atom stereocenters. The molecule has 0 aromatic rings. The van der Waals surface area contributed by atoms with E-state index < -0.39 is 42.8 Å². The molecule has 0 aromatic carbocycles. The highest BCUT2D eigenvalue weighted by Gasteiger charge is 2.34. The van der Waals surface area contributed by atoms with E-state index in [4.69, 9.17) is 15.3 Å². The van der Waals surface area contributed by atoms with Crippen LogP contribution >= 0.6 is 0 Å². The number of carbonyl (C=O) groups excluding carboxylic acids is 3. The molecule has 0 aliphatic carbocycles. The second-order valence-corrected chi connectivity index (χ2v) is 3.61. The fraction of sp³-hybridized carbons (Fsp3) is 0.727. The van der Waals surface area contributed by atoms with Gasteiger partial charge in [-0.15, -0.1) is 0 Å². The molecule has 0 spiro atoms. The molecular weight excluding hydrogens is 276 g/mol. The second-order valence-electron chi connectivity index (χ2n) is 3.61. The molecule has 20 heavy (non-hydrogen) atoms. The average molecular weight is 296 g/mol. The number of aldehydes is 1. The monoisotopic (exact) mass is 296 g/mol. The minimum absolute atomic E-state index is 0.00117. The second kappa shape index (κ2) is 11.4. The predicted octanol–water partition coefficient (Wildman–Crippen LogP) is -3.24. The number of hydrogen-bond acceptors (Lipinski definition) is 9. The number of ketones is 1. The van der Waals surface area contributed by atoms with E-state index in [2.05, 4.69) is 4.74 Å². The van der Waals surface area contributed by atoms with E-state index in [0.717, 1.165) is 6.92 Å². The van der Waals surface area contributed by atoms with Gasteiger partial charge in [0.2, 0.25) is 5.78 Å². The van der Waals surface area contributed by atoms with Crippen LogP contribution in [0.5, 0.6) is 0 Å². The summed E-state index contributed by atoms with van der Waals surface area (Å²) in [6.07, 6.45) is -7.35. The van der Waals surface area contributed by atoms with Crippen LogP contribution < -0.4 is 0 Å². The molecule has 0 unspecified atom stereocenters. The minimum atomic E-state index is -1.95. The first kappa shape index (κ1) is 20.9. The molecule has 0 saturated carbocycles. The Hall–Kier alpha value is -1.39. The van der Waals surface area contributed by atoms with Gasteiger partial charge >= 0.3 is 5.97 Å². The summed E-state index contributed by atoms with van der Waals surface area (Å²) in [6, 6.07) is 0. The minimum Gasteiger partial charge on any atom is -0.446 e. The van der Waals surface area contributed by atoms with Gasteiger partial charge in [-0.05, 0) is 6.92 Å². The van der Waals surface area contributed by atoms with E-state index >= 15 is 0 Å². The summed E-state index contributed by atoms with van der Waals surface area (Å²) in [7, 11) is 0. The largest absolute Gasteiger partial charge is 0.446 e. The summed E-state index contributed by atoms with van der Waals surface area (Å²) in [5, 5.41) is 43.7. The number of Topliss-reactive ketones (excluding diaryl/α,β-unsaturated/α-hetero) is 1. The maximum Gasteiger partial charge on any atom is 0.375 e. The zero-order valence-electron chi connectivity index (χ0n) is 11.2. The van der Waals surface area contributed by atoms with Crippen molar-refractivity contribution in [3.8, 4) is 0 Å². The summed E-state index contributed by atoms with van der Waals surface area (Å²) in [6.45, 7) is 1.97. The summed E-state index contributed by atoms with van der Waals surface area (Å²) in [4.78, 5) is 31.9. The Morgan fingerprint density at radius 3 is 1.90 bits per heavy atom. The van der Waals surface area contributed by atoms with Gasteiger partial charge in [-0.1, -0.05) is 0 Å². The Morgan fingerprint density at radius 2 is 1.60 bits per heavy atom. The van der Waals surface area contributed by atoms with Gasteiger partial charge in [0.25, 0.3) is 0 Å². The number of carbonyl (C=O) groups is 3. The molecule has 0 bridgehead atoms. The zero-order valence-corrected chi connectivity index (χ0v) is 11.2. The lowest BCUT2D eigenvalue weighted by molar-refractivity contribution is -0.170. The molecule has 0 aliphatic heterocycles. The third-order valence-electron chi connectivity index (χ3n) is 1.93. The van der Waals surface area contributed by atoms with Crippen molar-refractivity contribution >= 4 is 18.0 Å². The molecular formula is C11H20O9. The molecule has 0 fully saturated rings. The van der Waals surface area contributed by atoms with Gasteiger partial charge in [-0.2, -0.15) is 0 Å². The van der Waals surface area contributed by atoms with Crippen molar-refractivity contribution in [1.29, 1.82) is 0 Å². The van der Waals surface area contributed by atoms with Crippen LogP contribution in [0.1, 0.15) is 13.8 Å². The molecule has 0 heterocycles. The standard InChI is InChI=1S/C9H14O8.C2H6O/c1-4(12)9(16)17-6(3-11)8(15)7(14)5(13)2-10;1-2-3/h3,5-8,10,13-15H,2H2,1H3;3H,2H2,1H3/t5-,6+,7-,8-;/m1./s1. The molecule has 0 aliphatic rings. The highest BCUT2D eigenvalue weighted by molar-refractivity contribution is 6.32. The summed E-state index contributed by atoms with van der Waals surface area (Å²) < 4.78 is 4.28. The van der Waals surface area contributed by atoms with Crippen LogP contribution in [0.25, 0.3) is 0 Å². The lowest BCUT2D eigenvalue weighted by atomic mass is 10.0. The molecule has 9 nitrogen and oxygen atoms in total. The van der Waals surface area contributed by atoms with Gasteiger partial charge in [0.05, 0.1) is 6.61 Å². The van der Waals surface area contributed by atoms with E-state index in [1.54, 1.807) is 6.92 Å². The Kier molecular flexibility index (Phi) is 12.0. The first-order valence-corrected chi connectivity index (χ1v) is 5.69. The molecule has 0 aromatic heterocycles. The van der Waals surface area contributed by atoms with Crippen molar-refractivity contribution in [3.05, 3.63) is 0 Å². The lowest BCUT2D eigenvalue weighted by Crippen LogP contribution is -2.48. The van der Waals surface area contributed by atoms with E-state index in [0.29, 0.717) is 0 Å². The molecule has 118 valence electrons. The van der Waals surface area contributed by atoms with E-state index in [1.807, 2.05) is 0 Å². The first-order chi connectivity index (χ1) is 9.26. The van der Waals surface area contributed by atoms with Crippen molar-refractivity contribution in [3.63, 3.8) is 0 Å². The highest BCUT2D eigenvalue weighted by Crippen LogP contribution is 2.07. The van der Waals surface area contributed by atoms with Crippen molar-refractivity contribution < 1.29 is 44.7 Å². The Bertz CT molecular complexity index is 304. The van der Waals surface area contributed by atoms with Gasteiger partial charge < -0.3 is 30.3 Å². The maximum absolute atomic E-state index is 10.8. The van der Waals surface area contributed by atoms with Crippen molar-refractivity contribution in [2.45, 2.75) is 38.3 Å². The Labute approximate surface area is 115 Å². The third kappa shape index (κ3) is 7.92. The maximum atomic E-state index is 10.8. The van der Waals surface area contributed by atoms with Gasteiger partial charge in [-0.3, -0.25) is 9.59 Å². The fourth-order valence-corrected chi connectivity index (χ4v) is 0.915. The molecule has 9 heteroatoms.